The molecule has 4 aromatic rings. The van der Waals surface area contributed by atoms with E-state index in [4.69, 9.17) is 4.98 Å². The van der Waals surface area contributed by atoms with Crippen LogP contribution in [0.4, 0.5) is 5.69 Å². The van der Waals surface area contributed by atoms with Gasteiger partial charge in [-0.3, -0.25) is 14.3 Å². The number of para-hydroxylation sites is 2. The number of benzene rings is 3. The highest BCUT2D eigenvalue weighted by Gasteiger charge is 2.26. The molecule has 34 heavy (non-hydrogen) atoms. The normalized spacial score (nSPS) is 15.0. The van der Waals surface area contributed by atoms with Crippen molar-refractivity contribution in [1.29, 1.82) is 0 Å². The number of nitrogens with zero attached hydrogens (tertiary/aromatic N) is 3. The first-order valence-corrected chi connectivity index (χ1v) is 12.6. The van der Waals surface area contributed by atoms with Gasteiger partial charge in [0.25, 0.3) is 0 Å². The fraction of sp³-hybridized carbons (Fsp3) is 0.286. The monoisotopic (exact) mass is 516 g/mol. The van der Waals surface area contributed by atoms with Gasteiger partial charge < -0.3 is 5.32 Å². The van der Waals surface area contributed by atoms with Crippen LogP contribution in [0.25, 0.3) is 16.7 Å². The highest BCUT2D eigenvalue weighted by molar-refractivity contribution is 9.10. The minimum Gasteiger partial charge on any atom is -0.326 e. The van der Waals surface area contributed by atoms with Gasteiger partial charge in [0.1, 0.15) is 5.82 Å². The number of amides is 1. The summed E-state index contributed by atoms with van der Waals surface area (Å²) in [5.74, 6) is 1.20. The molecule has 0 bridgehead atoms. The SMILES string of the molecule is Cc1ccc(C)c(NC(=O)C2CCN(Cc3nc4ccccc4n3-c3cccc(Br)c3)CC2)c1. The number of hydrogen-bond donors (Lipinski definition) is 1. The Morgan fingerprint density at radius 1 is 1.03 bits per heavy atom. The Balaban J connectivity index is 1.30. The maximum Gasteiger partial charge on any atom is 0.227 e. The van der Waals surface area contributed by atoms with Gasteiger partial charge in [-0.15, -0.1) is 0 Å². The van der Waals surface area contributed by atoms with Crippen molar-refractivity contribution in [2.24, 2.45) is 5.92 Å². The summed E-state index contributed by atoms with van der Waals surface area (Å²) in [7, 11) is 0. The van der Waals surface area contributed by atoms with Gasteiger partial charge in [-0.05, 0) is 87.3 Å². The molecule has 174 valence electrons. The molecule has 0 unspecified atom stereocenters. The van der Waals surface area contributed by atoms with Crippen molar-refractivity contribution in [3.63, 3.8) is 0 Å². The van der Waals surface area contributed by atoms with Crippen LogP contribution in [-0.2, 0) is 11.3 Å². The number of fused-ring (bicyclic) bond motifs is 1. The van der Waals surface area contributed by atoms with Crippen molar-refractivity contribution in [1.82, 2.24) is 14.5 Å². The smallest absolute Gasteiger partial charge is 0.227 e. The van der Waals surface area contributed by atoms with Crippen LogP contribution in [-0.4, -0.2) is 33.4 Å². The quantitative estimate of drug-likeness (QED) is 0.340. The molecule has 0 radical (unpaired) electrons. The van der Waals surface area contributed by atoms with E-state index in [9.17, 15) is 4.79 Å². The van der Waals surface area contributed by atoms with Crippen molar-refractivity contribution in [3.05, 3.63) is 88.2 Å². The van der Waals surface area contributed by atoms with Crippen LogP contribution in [0.2, 0.25) is 0 Å². The van der Waals surface area contributed by atoms with E-state index in [2.05, 4.69) is 92.2 Å². The lowest BCUT2D eigenvalue weighted by molar-refractivity contribution is -0.121. The average molecular weight is 517 g/mol. The number of hydrogen-bond acceptors (Lipinski definition) is 3. The van der Waals surface area contributed by atoms with Crippen molar-refractivity contribution in [3.8, 4) is 5.69 Å². The minimum absolute atomic E-state index is 0.0417. The van der Waals surface area contributed by atoms with Crippen LogP contribution in [0.5, 0.6) is 0 Å². The summed E-state index contributed by atoms with van der Waals surface area (Å²) in [6.45, 7) is 6.61. The second-order valence-corrected chi connectivity index (χ2v) is 10.1. The van der Waals surface area contributed by atoms with E-state index in [1.165, 1.54) is 0 Å². The Bertz CT molecular complexity index is 1340. The average Bonchev–Trinajstić information content (AvgIpc) is 3.19. The van der Waals surface area contributed by atoms with Gasteiger partial charge in [0.05, 0.1) is 17.6 Å². The zero-order valence-electron chi connectivity index (χ0n) is 19.6. The number of aryl methyl sites for hydroxylation is 2. The van der Waals surface area contributed by atoms with Gasteiger partial charge in [-0.2, -0.15) is 0 Å². The molecule has 0 atom stereocenters. The summed E-state index contributed by atoms with van der Waals surface area (Å²) >= 11 is 3.60. The van der Waals surface area contributed by atoms with Crippen LogP contribution in [0.3, 0.4) is 0 Å². The molecule has 6 heteroatoms. The molecular formula is C28H29BrN4O. The second-order valence-electron chi connectivity index (χ2n) is 9.19. The van der Waals surface area contributed by atoms with E-state index >= 15 is 0 Å². The Hall–Kier alpha value is -2.96. The van der Waals surface area contributed by atoms with Gasteiger partial charge >= 0.3 is 0 Å². The number of anilines is 1. The molecule has 1 aromatic heterocycles. The molecule has 2 heterocycles. The number of piperidine rings is 1. The Morgan fingerprint density at radius 3 is 2.62 bits per heavy atom. The highest BCUT2D eigenvalue weighted by Crippen LogP contribution is 2.27. The van der Waals surface area contributed by atoms with Crippen LogP contribution in [0.15, 0.2) is 71.2 Å². The Kier molecular flexibility index (Phi) is 6.53. The molecule has 1 aliphatic rings. The van der Waals surface area contributed by atoms with Gasteiger partial charge in [0, 0.05) is 21.8 Å². The fourth-order valence-corrected chi connectivity index (χ4v) is 5.13. The molecule has 1 saturated heterocycles. The van der Waals surface area contributed by atoms with Crippen molar-refractivity contribution < 1.29 is 4.79 Å². The van der Waals surface area contributed by atoms with E-state index in [-0.39, 0.29) is 11.8 Å². The van der Waals surface area contributed by atoms with Crippen LogP contribution >= 0.6 is 15.9 Å². The van der Waals surface area contributed by atoms with Crippen LogP contribution in [0.1, 0.15) is 29.8 Å². The second kappa shape index (κ2) is 9.72. The molecular weight excluding hydrogens is 488 g/mol. The molecule has 1 aliphatic heterocycles. The molecule has 0 spiro atoms. The fourth-order valence-electron chi connectivity index (χ4n) is 4.74. The largest absolute Gasteiger partial charge is 0.326 e. The topological polar surface area (TPSA) is 50.2 Å². The first-order valence-electron chi connectivity index (χ1n) is 11.8. The molecule has 1 fully saturated rings. The summed E-state index contributed by atoms with van der Waals surface area (Å²) in [6.07, 6.45) is 1.71. The minimum atomic E-state index is 0.0417. The Labute approximate surface area is 208 Å². The number of imidazole rings is 1. The molecule has 3 aromatic carbocycles. The van der Waals surface area contributed by atoms with E-state index in [0.717, 1.165) is 76.3 Å². The standard InChI is InChI=1S/C28H29BrN4O/c1-19-10-11-20(2)25(16-19)31-28(34)21-12-14-32(15-13-21)18-27-30-24-8-3-4-9-26(24)33(27)23-7-5-6-22(29)17-23/h3-11,16-17,21H,12-15,18H2,1-2H3,(H,31,34). The van der Waals surface area contributed by atoms with E-state index in [1.807, 2.05) is 19.1 Å². The molecule has 0 aliphatic carbocycles. The van der Waals surface area contributed by atoms with Crippen molar-refractivity contribution in [2.75, 3.05) is 18.4 Å². The number of nitrogens with one attached hydrogen (secondary N) is 1. The lowest BCUT2D eigenvalue weighted by atomic mass is 9.95. The molecule has 0 saturated carbocycles. The summed E-state index contributed by atoms with van der Waals surface area (Å²) in [5, 5.41) is 3.16. The Morgan fingerprint density at radius 2 is 1.82 bits per heavy atom. The lowest BCUT2D eigenvalue weighted by Crippen LogP contribution is -2.38. The third kappa shape index (κ3) is 4.79. The summed E-state index contributed by atoms with van der Waals surface area (Å²) in [4.78, 5) is 20.3. The van der Waals surface area contributed by atoms with Crippen molar-refractivity contribution in [2.45, 2.75) is 33.2 Å². The zero-order chi connectivity index (χ0) is 23.7. The van der Waals surface area contributed by atoms with Gasteiger partial charge in [0.15, 0.2) is 0 Å². The van der Waals surface area contributed by atoms with Crippen molar-refractivity contribution >= 4 is 38.6 Å². The molecule has 1 amide bonds. The number of halogens is 1. The number of carbonyl (C=O) groups is 1. The first kappa shape index (κ1) is 22.8. The number of likely N-dealkylation sites (tertiary alicyclic amines) is 1. The maximum atomic E-state index is 12.9. The molecule has 5 rings (SSSR count). The third-order valence-electron chi connectivity index (χ3n) is 6.67. The first-order chi connectivity index (χ1) is 16.5. The number of rotatable bonds is 5. The molecule has 1 N–H and O–H groups in total. The zero-order valence-corrected chi connectivity index (χ0v) is 21.2. The van der Waals surface area contributed by atoms with Crippen LogP contribution < -0.4 is 5.32 Å². The molecule has 5 nitrogen and oxygen atoms in total. The van der Waals surface area contributed by atoms with E-state index < -0.39 is 0 Å². The van der Waals surface area contributed by atoms with Gasteiger partial charge in [-0.25, -0.2) is 4.98 Å². The summed E-state index contributed by atoms with van der Waals surface area (Å²) < 4.78 is 3.30. The van der Waals surface area contributed by atoms with Gasteiger partial charge in [0.2, 0.25) is 5.91 Å². The van der Waals surface area contributed by atoms with E-state index in [0.29, 0.717) is 0 Å². The lowest BCUT2D eigenvalue weighted by Gasteiger charge is -2.31. The van der Waals surface area contributed by atoms with Gasteiger partial charge in [-0.1, -0.05) is 46.3 Å². The highest BCUT2D eigenvalue weighted by atomic mass is 79.9. The third-order valence-corrected chi connectivity index (χ3v) is 7.16. The predicted octanol–water partition coefficient (Wildman–Crippen LogP) is 6.26. The maximum absolute atomic E-state index is 12.9. The number of carbonyl (C=O) groups excluding carboxylic acids is 1. The summed E-state index contributed by atoms with van der Waals surface area (Å²) in [5.41, 5.74) is 6.39. The van der Waals surface area contributed by atoms with E-state index in [1.54, 1.807) is 0 Å². The predicted molar refractivity (Wildman–Crippen MR) is 141 cm³/mol. The van der Waals surface area contributed by atoms with Crippen LogP contribution in [0, 0.1) is 19.8 Å². The summed E-state index contributed by atoms with van der Waals surface area (Å²) in [6, 6.07) is 22.8. The number of aromatic nitrogens is 2.